The quantitative estimate of drug-likeness (QED) is 0.451. The summed E-state index contributed by atoms with van der Waals surface area (Å²) >= 11 is 0. The number of rotatable bonds is 1. The van der Waals surface area contributed by atoms with Crippen molar-refractivity contribution in [2.24, 2.45) is 0 Å². The van der Waals surface area contributed by atoms with E-state index >= 15 is 0 Å². The monoisotopic (exact) mass is 110 g/mol. The van der Waals surface area contributed by atoms with Crippen molar-refractivity contribution < 1.29 is 14.3 Å². The standard InChI is InChI=1S/C4H6F2.H2O/c1-3-4(2,5)6;/h3H,1H2,2H3;1H2. The first-order chi connectivity index (χ1) is 2.56. The van der Waals surface area contributed by atoms with Gasteiger partial charge in [0.25, 0.3) is 5.92 Å². The summed E-state index contributed by atoms with van der Waals surface area (Å²) in [6, 6.07) is 0. The molecule has 44 valence electrons. The van der Waals surface area contributed by atoms with Crippen LogP contribution in [-0.4, -0.2) is 11.4 Å². The molecule has 0 atom stereocenters. The topological polar surface area (TPSA) is 31.5 Å². The normalized spacial score (nSPS) is 9.57. The minimum atomic E-state index is -2.69. The molecule has 0 bridgehead atoms. The highest BCUT2D eigenvalue weighted by atomic mass is 19.3. The predicted molar refractivity (Wildman–Crippen MR) is 24.4 cm³/mol. The van der Waals surface area contributed by atoms with Gasteiger partial charge in [0, 0.05) is 6.92 Å². The van der Waals surface area contributed by atoms with E-state index < -0.39 is 5.92 Å². The molecule has 0 rings (SSSR count). The summed E-state index contributed by atoms with van der Waals surface area (Å²) in [5, 5.41) is 0. The third-order valence-corrected chi connectivity index (χ3v) is 0.358. The molecule has 0 radical (unpaired) electrons. The lowest BCUT2D eigenvalue weighted by Crippen LogP contribution is -2.01. The summed E-state index contributed by atoms with van der Waals surface area (Å²) in [6.07, 6.45) is 0.604. The van der Waals surface area contributed by atoms with Crippen molar-refractivity contribution in [1.29, 1.82) is 0 Å². The Morgan fingerprint density at radius 2 is 1.71 bits per heavy atom. The molecule has 0 aliphatic rings. The Morgan fingerprint density at radius 1 is 1.57 bits per heavy atom. The molecule has 0 spiro atoms. The molecule has 3 heteroatoms. The van der Waals surface area contributed by atoms with Crippen molar-refractivity contribution >= 4 is 0 Å². The first kappa shape index (κ1) is 9.75. The summed E-state index contributed by atoms with van der Waals surface area (Å²) in [4.78, 5) is 0. The van der Waals surface area contributed by atoms with E-state index in [9.17, 15) is 8.78 Å². The molecule has 0 aromatic heterocycles. The van der Waals surface area contributed by atoms with Gasteiger partial charge < -0.3 is 5.48 Å². The zero-order chi connectivity index (χ0) is 5.21. The van der Waals surface area contributed by atoms with Crippen LogP contribution in [0.3, 0.4) is 0 Å². The third kappa shape index (κ3) is 10.8. The summed E-state index contributed by atoms with van der Waals surface area (Å²) < 4.78 is 22.7. The average Bonchev–Trinajstić information content (AvgIpc) is 1.35. The van der Waals surface area contributed by atoms with E-state index in [4.69, 9.17) is 0 Å². The SMILES string of the molecule is C=CC(C)(F)F.O. The third-order valence-electron chi connectivity index (χ3n) is 0.358. The van der Waals surface area contributed by atoms with Gasteiger partial charge in [0.15, 0.2) is 0 Å². The van der Waals surface area contributed by atoms with Crippen LogP contribution in [0.15, 0.2) is 12.7 Å². The first-order valence-corrected chi connectivity index (χ1v) is 1.57. The van der Waals surface area contributed by atoms with Gasteiger partial charge in [0.1, 0.15) is 0 Å². The van der Waals surface area contributed by atoms with Crippen LogP contribution in [-0.2, 0) is 0 Å². The number of hydrogen-bond donors (Lipinski definition) is 0. The van der Waals surface area contributed by atoms with Gasteiger partial charge >= 0.3 is 0 Å². The van der Waals surface area contributed by atoms with Crippen molar-refractivity contribution in [3.63, 3.8) is 0 Å². The number of halogens is 2. The summed E-state index contributed by atoms with van der Waals surface area (Å²) in [7, 11) is 0. The lowest BCUT2D eigenvalue weighted by molar-refractivity contribution is 0.0779. The molecule has 2 N–H and O–H groups in total. The van der Waals surface area contributed by atoms with Crippen molar-refractivity contribution in [3.8, 4) is 0 Å². The van der Waals surface area contributed by atoms with Crippen molar-refractivity contribution in [1.82, 2.24) is 0 Å². The molecule has 1 nitrogen and oxygen atoms in total. The second-order valence-corrected chi connectivity index (χ2v) is 1.16. The largest absolute Gasteiger partial charge is 0.412 e. The average molecular weight is 110 g/mol. The maximum atomic E-state index is 11.3. The second kappa shape index (κ2) is 2.69. The molecule has 0 aliphatic carbocycles. The summed E-state index contributed by atoms with van der Waals surface area (Å²) in [5.74, 6) is -2.69. The number of hydrogen-bond acceptors (Lipinski definition) is 0. The second-order valence-electron chi connectivity index (χ2n) is 1.16. The molecule has 0 aromatic rings. The fourth-order valence-corrected chi connectivity index (χ4v) is 0. The van der Waals surface area contributed by atoms with E-state index in [0.29, 0.717) is 6.08 Å². The Hall–Kier alpha value is -0.440. The lowest BCUT2D eigenvalue weighted by atomic mass is 10.4. The fourth-order valence-electron chi connectivity index (χ4n) is 0. The minimum absolute atomic E-state index is 0. The molecule has 0 amide bonds. The summed E-state index contributed by atoms with van der Waals surface area (Å²) in [5.41, 5.74) is 0. The highest BCUT2D eigenvalue weighted by molar-refractivity contribution is 4.81. The lowest BCUT2D eigenvalue weighted by Gasteiger charge is -1.97. The van der Waals surface area contributed by atoms with Gasteiger partial charge in [-0.1, -0.05) is 6.58 Å². The molecule has 0 fully saturated rings. The van der Waals surface area contributed by atoms with Crippen LogP contribution in [0.5, 0.6) is 0 Å². The Balaban J connectivity index is 0. The van der Waals surface area contributed by atoms with Crippen LogP contribution in [0, 0.1) is 0 Å². The molecule has 7 heavy (non-hydrogen) atoms. The van der Waals surface area contributed by atoms with Gasteiger partial charge in [-0.25, -0.2) is 8.78 Å². The van der Waals surface area contributed by atoms with Gasteiger partial charge in [-0.3, -0.25) is 0 Å². The predicted octanol–water partition coefficient (Wildman–Crippen LogP) is 1.00. The van der Waals surface area contributed by atoms with Crippen LogP contribution < -0.4 is 0 Å². The van der Waals surface area contributed by atoms with E-state index in [1.165, 1.54) is 0 Å². The zero-order valence-corrected chi connectivity index (χ0v) is 4.04. The first-order valence-electron chi connectivity index (χ1n) is 1.57. The maximum Gasteiger partial charge on any atom is 0.263 e. The molecule has 0 saturated heterocycles. The zero-order valence-electron chi connectivity index (χ0n) is 4.04. The molecule has 0 heterocycles. The van der Waals surface area contributed by atoms with Gasteiger partial charge in [0.2, 0.25) is 0 Å². The minimum Gasteiger partial charge on any atom is -0.412 e. The highest BCUT2D eigenvalue weighted by Crippen LogP contribution is 2.10. The van der Waals surface area contributed by atoms with Crippen molar-refractivity contribution in [3.05, 3.63) is 12.7 Å². The van der Waals surface area contributed by atoms with Crippen molar-refractivity contribution in [2.45, 2.75) is 12.8 Å². The van der Waals surface area contributed by atoms with Gasteiger partial charge in [0.05, 0.1) is 0 Å². The van der Waals surface area contributed by atoms with Crippen LogP contribution >= 0.6 is 0 Å². The molecular formula is C4H8F2O. The maximum absolute atomic E-state index is 11.3. The van der Waals surface area contributed by atoms with Crippen LogP contribution in [0.1, 0.15) is 6.92 Å². The molecule has 0 aromatic carbocycles. The fraction of sp³-hybridized carbons (Fsp3) is 0.500. The van der Waals surface area contributed by atoms with E-state index in [0.717, 1.165) is 6.92 Å². The van der Waals surface area contributed by atoms with Crippen molar-refractivity contribution in [2.75, 3.05) is 0 Å². The molecule has 0 aliphatic heterocycles. The van der Waals surface area contributed by atoms with Crippen LogP contribution in [0.25, 0.3) is 0 Å². The molecule has 0 unspecified atom stereocenters. The van der Waals surface area contributed by atoms with Gasteiger partial charge in [-0.2, -0.15) is 0 Å². The van der Waals surface area contributed by atoms with E-state index in [1.54, 1.807) is 0 Å². The van der Waals surface area contributed by atoms with Crippen LogP contribution in [0.4, 0.5) is 8.78 Å². The van der Waals surface area contributed by atoms with E-state index in [2.05, 4.69) is 6.58 Å². The van der Waals surface area contributed by atoms with E-state index in [-0.39, 0.29) is 5.48 Å². The summed E-state index contributed by atoms with van der Waals surface area (Å²) in [6.45, 7) is 3.67. The number of alkyl halides is 2. The Bertz CT molecular complexity index is 55.2. The highest BCUT2D eigenvalue weighted by Gasteiger charge is 2.12. The van der Waals surface area contributed by atoms with Crippen LogP contribution in [0.2, 0.25) is 0 Å². The smallest absolute Gasteiger partial charge is 0.263 e. The Kier molecular flexibility index (Phi) is 3.74. The van der Waals surface area contributed by atoms with Gasteiger partial charge in [-0.15, -0.1) is 0 Å². The number of allylic oxidation sites excluding steroid dienone is 1. The Morgan fingerprint density at radius 3 is 1.71 bits per heavy atom. The molecule has 0 saturated carbocycles. The van der Waals surface area contributed by atoms with E-state index in [1.807, 2.05) is 0 Å². The molecular weight excluding hydrogens is 102 g/mol. The van der Waals surface area contributed by atoms with Gasteiger partial charge in [-0.05, 0) is 6.08 Å². The Labute approximate surface area is 41.0 Å².